The topological polar surface area (TPSA) is 34.4 Å². The van der Waals surface area contributed by atoms with E-state index in [0.29, 0.717) is 6.04 Å². The minimum absolute atomic E-state index is 0.0149. The Kier molecular flexibility index (Phi) is 5.67. The fourth-order valence-electron chi connectivity index (χ4n) is 3.35. The Morgan fingerprint density at radius 3 is 2.75 bits per heavy atom. The number of rotatable bonds is 7. The number of hydrogen-bond donors (Lipinski definition) is 1. The van der Waals surface area contributed by atoms with E-state index in [2.05, 4.69) is 25.2 Å². The summed E-state index contributed by atoms with van der Waals surface area (Å²) in [5.74, 6) is 0.832. The zero-order valence-corrected chi connectivity index (χ0v) is 13.2. The Morgan fingerprint density at radius 1 is 1.45 bits per heavy atom. The molecule has 0 amide bonds. The molecule has 2 rings (SSSR count). The third-order valence-electron chi connectivity index (χ3n) is 4.82. The fourth-order valence-corrected chi connectivity index (χ4v) is 3.35. The van der Waals surface area contributed by atoms with E-state index in [-0.39, 0.29) is 5.60 Å². The largest absolute Gasteiger partial charge is 0.472 e. The van der Waals surface area contributed by atoms with Gasteiger partial charge in [-0.25, -0.2) is 0 Å². The third-order valence-corrected chi connectivity index (χ3v) is 4.82. The van der Waals surface area contributed by atoms with Gasteiger partial charge in [-0.2, -0.15) is 0 Å². The van der Waals surface area contributed by atoms with Gasteiger partial charge in [-0.1, -0.05) is 13.8 Å². The Labute approximate surface area is 123 Å². The molecule has 1 aromatic rings. The van der Waals surface area contributed by atoms with Crippen molar-refractivity contribution < 1.29 is 9.15 Å². The number of methoxy groups -OCH3 is 1. The molecule has 1 aromatic heterocycles. The van der Waals surface area contributed by atoms with Crippen molar-refractivity contribution in [3.63, 3.8) is 0 Å². The predicted octanol–water partition coefficient (Wildman–Crippen LogP) is 3.79. The SMILES string of the molecule is CCCNC(Cc1ccoc1)C1(OC)CCC(C)CC1. The monoisotopic (exact) mass is 279 g/mol. The smallest absolute Gasteiger partial charge is 0.0935 e. The van der Waals surface area contributed by atoms with Gasteiger partial charge in [-0.15, -0.1) is 0 Å². The second-order valence-corrected chi connectivity index (χ2v) is 6.29. The Bertz CT molecular complexity index is 366. The maximum absolute atomic E-state index is 6.04. The average Bonchev–Trinajstić information content (AvgIpc) is 2.98. The van der Waals surface area contributed by atoms with Crippen molar-refractivity contribution in [2.45, 2.75) is 64.0 Å². The van der Waals surface area contributed by atoms with Crippen LogP contribution in [0.15, 0.2) is 23.0 Å². The normalized spacial score (nSPS) is 28.4. The zero-order chi connectivity index (χ0) is 14.4. The van der Waals surface area contributed by atoms with Crippen molar-refractivity contribution in [2.75, 3.05) is 13.7 Å². The first-order valence-electron chi connectivity index (χ1n) is 8.00. The van der Waals surface area contributed by atoms with Crippen LogP contribution in [0.2, 0.25) is 0 Å². The van der Waals surface area contributed by atoms with Gasteiger partial charge in [0.2, 0.25) is 0 Å². The van der Waals surface area contributed by atoms with Crippen molar-refractivity contribution in [3.8, 4) is 0 Å². The van der Waals surface area contributed by atoms with Crippen LogP contribution in [-0.2, 0) is 11.2 Å². The molecule has 0 aliphatic heterocycles. The molecule has 1 saturated carbocycles. The van der Waals surface area contributed by atoms with Gasteiger partial charge in [-0.05, 0) is 62.6 Å². The van der Waals surface area contributed by atoms with Crippen LogP contribution in [0.25, 0.3) is 0 Å². The fraction of sp³-hybridized carbons (Fsp3) is 0.765. The molecule has 3 heteroatoms. The maximum Gasteiger partial charge on any atom is 0.0935 e. The zero-order valence-electron chi connectivity index (χ0n) is 13.2. The van der Waals surface area contributed by atoms with Crippen molar-refractivity contribution in [1.82, 2.24) is 5.32 Å². The maximum atomic E-state index is 6.04. The van der Waals surface area contributed by atoms with Gasteiger partial charge in [0.25, 0.3) is 0 Å². The second-order valence-electron chi connectivity index (χ2n) is 6.29. The number of nitrogens with one attached hydrogen (secondary N) is 1. The molecule has 1 unspecified atom stereocenters. The van der Waals surface area contributed by atoms with Gasteiger partial charge in [0, 0.05) is 13.2 Å². The quantitative estimate of drug-likeness (QED) is 0.824. The lowest BCUT2D eigenvalue weighted by atomic mass is 9.74. The van der Waals surface area contributed by atoms with Gasteiger partial charge >= 0.3 is 0 Å². The lowest BCUT2D eigenvalue weighted by Crippen LogP contribution is -2.55. The van der Waals surface area contributed by atoms with Crippen molar-refractivity contribution >= 4 is 0 Å². The third kappa shape index (κ3) is 3.64. The van der Waals surface area contributed by atoms with E-state index >= 15 is 0 Å². The molecular weight excluding hydrogens is 250 g/mol. The molecule has 3 nitrogen and oxygen atoms in total. The molecule has 114 valence electrons. The summed E-state index contributed by atoms with van der Waals surface area (Å²) in [5, 5.41) is 3.72. The molecule has 1 N–H and O–H groups in total. The highest BCUT2D eigenvalue weighted by Gasteiger charge is 2.41. The standard InChI is InChI=1S/C17H29NO2/c1-4-10-18-16(12-15-7-11-20-13-15)17(19-3)8-5-14(2)6-9-17/h7,11,13-14,16,18H,4-6,8-10,12H2,1-3H3. The van der Waals surface area contributed by atoms with Crippen LogP contribution in [-0.4, -0.2) is 25.3 Å². The molecule has 0 spiro atoms. The van der Waals surface area contributed by atoms with Crippen molar-refractivity contribution in [1.29, 1.82) is 0 Å². The molecule has 0 radical (unpaired) electrons. The van der Waals surface area contributed by atoms with Crippen LogP contribution in [0, 0.1) is 5.92 Å². The summed E-state index contributed by atoms with van der Waals surface area (Å²) in [5.41, 5.74) is 1.24. The van der Waals surface area contributed by atoms with Gasteiger partial charge in [-0.3, -0.25) is 0 Å². The Hall–Kier alpha value is -0.800. The van der Waals surface area contributed by atoms with E-state index < -0.39 is 0 Å². The van der Waals surface area contributed by atoms with Crippen LogP contribution < -0.4 is 5.32 Å². The van der Waals surface area contributed by atoms with E-state index in [9.17, 15) is 0 Å². The van der Waals surface area contributed by atoms with Crippen LogP contribution >= 0.6 is 0 Å². The molecule has 0 saturated heterocycles. The molecule has 1 atom stereocenters. The summed E-state index contributed by atoms with van der Waals surface area (Å²) in [7, 11) is 1.88. The molecule has 1 aliphatic rings. The molecule has 1 fully saturated rings. The van der Waals surface area contributed by atoms with Gasteiger partial charge < -0.3 is 14.5 Å². The summed E-state index contributed by atoms with van der Waals surface area (Å²) in [6, 6.07) is 2.44. The number of ether oxygens (including phenoxy) is 1. The first-order chi connectivity index (χ1) is 9.70. The van der Waals surface area contributed by atoms with Crippen LogP contribution in [0.1, 0.15) is 51.5 Å². The first-order valence-corrected chi connectivity index (χ1v) is 8.00. The van der Waals surface area contributed by atoms with Gasteiger partial charge in [0.15, 0.2) is 0 Å². The number of hydrogen-bond acceptors (Lipinski definition) is 3. The highest BCUT2D eigenvalue weighted by atomic mass is 16.5. The van der Waals surface area contributed by atoms with E-state index in [1.165, 1.54) is 18.4 Å². The van der Waals surface area contributed by atoms with Crippen LogP contribution in [0.3, 0.4) is 0 Å². The predicted molar refractivity (Wildman–Crippen MR) is 81.9 cm³/mol. The van der Waals surface area contributed by atoms with Crippen molar-refractivity contribution in [3.05, 3.63) is 24.2 Å². The molecule has 1 heterocycles. The van der Waals surface area contributed by atoms with E-state index in [1.807, 2.05) is 13.4 Å². The summed E-state index contributed by atoms with van der Waals surface area (Å²) < 4.78 is 11.3. The molecule has 0 bridgehead atoms. The summed E-state index contributed by atoms with van der Waals surface area (Å²) in [6.07, 6.45) is 10.6. The van der Waals surface area contributed by atoms with E-state index in [1.54, 1.807) is 6.26 Å². The highest BCUT2D eigenvalue weighted by Crippen LogP contribution is 2.37. The molecule has 0 aromatic carbocycles. The Balaban J connectivity index is 2.10. The molecule has 1 aliphatic carbocycles. The van der Waals surface area contributed by atoms with E-state index in [0.717, 1.165) is 38.1 Å². The Morgan fingerprint density at radius 2 is 2.20 bits per heavy atom. The lowest BCUT2D eigenvalue weighted by Gasteiger charge is -2.44. The highest BCUT2D eigenvalue weighted by molar-refractivity contribution is 5.11. The molecular formula is C17H29NO2. The first kappa shape index (κ1) is 15.6. The second kappa shape index (κ2) is 7.28. The summed E-state index contributed by atoms with van der Waals surface area (Å²) >= 11 is 0. The minimum atomic E-state index is -0.0149. The van der Waals surface area contributed by atoms with Crippen molar-refractivity contribution in [2.24, 2.45) is 5.92 Å². The summed E-state index contributed by atoms with van der Waals surface area (Å²) in [4.78, 5) is 0. The van der Waals surface area contributed by atoms with Crippen LogP contribution in [0.5, 0.6) is 0 Å². The molecule has 20 heavy (non-hydrogen) atoms. The van der Waals surface area contributed by atoms with Crippen LogP contribution in [0.4, 0.5) is 0 Å². The van der Waals surface area contributed by atoms with E-state index in [4.69, 9.17) is 9.15 Å². The summed E-state index contributed by atoms with van der Waals surface area (Å²) in [6.45, 7) is 5.61. The minimum Gasteiger partial charge on any atom is -0.472 e. The average molecular weight is 279 g/mol. The number of furan rings is 1. The lowest BCUT2D eigenvalue weighted by molar-refractivity contribution is -0.0745. The van der Waals surface area contributed by atoms with Gasteiger partial charge in [0.05, 0.1) is 18.1 Å². The van der Waals surface area contributed by atoms with Gasteiger partial charge in [0.1, 0.15) is 0 Å².